The molecule has 1 N–H and O–H groups in total. The van der Waals surface area contributed by atoms with Crippen LogP contribution in [0.1, 0.15) is 50.3 Å². The second-order valence-electron chi connectivity index (χ2n) is 7.79. The van der Waals surface area contributed by atoms with E-state index in [0.29, 0.717) is 13.0 Å². The summed E-state index contributed by atoms with van der Waals surface area (Å²) >= 11 is 1.75. The second-order valence-corrected chi connectivity index (χ2v) is 8.89. The van der Waals surface area contributed by atoms with Crippen molar-refractivity contribution in [3.8, 4) is 0 Å². The van der Waals surface area contributed by atoms with Gasteiger partial charge in [0.25, 0.3) is 0 Å². The van der Waals surface area contributed by atoms with Gasteiger partial charge in [-0.2, -0.15) is 11.8 Å². The summed E-state index contributed by atoms with van der Waals surface area (Å²) in [5.41, 5.74) is 3.47. The smallest absolute Gasteiger partial charge is 0.242 e. The lowest BCUT2D eigenvalue weighted by Crippen LogP contribution is -2.49. The number of benzene rings is 2. The third-order valence-electron chi connectivity index (χ3n) is 5.21. The Balaban J connectivity index is 2.00. The van der Waals surface area contributed by atoms with Crippen LogP contribution < -0.4 is 5.32 Å². The minimum atomic E-state index is -0.507. The molecule has 162 valence electrons. The summed E-state index contributed by atoms with van der Waals surface area (Å²) in [6, 6.07) is 18.0. The molecule has 2 aromatic rings. The van der Waals surface area contributed by atoms with E-state index in [0.717, 1.165) is 23.5 Å². The van der Waals surface area contributed by atoms with Crippen LogP contribution in [0, 0.1) is 6.92 Å². The Morgan fingerprint density at radius 2 is 1.67 bits per heavy atom. The Morgan fingerprint density at radius 1 is 1.00 bits per heavy atom. The zero-order chi connectivity index (χ0) is 21.9. The fraction of sp³-hybridized carbons (Fsp3) is 0.440. The maximum atomic E-state index is 13.1. The summed E-state index contributed by atoms with van der Waals surface area (Å²) in [7, 11) is 0. The molecule has 0 aliphatic carbocycles. The Kier molecular flexibility index (Phi) is 9.95. The molecule has 0 aliphatic heterocycles. The van der Waals surface area contributed by atoms with Crippen molar-refractivity contribution >= 4 is 23.6 Å². The van der Waals surface area contributed by atoms with Gasteiger partial charge in [-0.1, -0.05) is 67.1 Å². The molecule has 0 radical (unpaired) electrons. The highest BCUT2D eigenvalue weighted by molar-refractivity contribution is 7.98. The van der Waals surface area contributed by atoms with E-state index in [4.69, 9.17) is 0 Å². The summed E-state index contributed by atoms with van der Waals surface area (Å²) in [6.45, 7) is 8.32. The van der Waals surface area contributed by atoms with Crippen molar-refractivity contribution in [1.82, 2.24) is 10.2 Å². The topological polar surface area (TPSA) is 49.4 Å². The fourth-order valence-corrected chi connectivity index (χ4v) is 3.90. The summed E-state index contributed by atoms with van der Waals surface area (Å²) in [5, 5.41) is 3.01. The van der Waals surface area contributed by atoms with Crippen molar-refractivity contribution in [2.24, 2.45) is 0 Å². The molecule has 2 rings (SSSR count). The third-order valence-corrected chi connectivity index (χ3v) is 6.24. The number of carbonyl (C=O) groups is 2. The lowest BCUT2D eigenvalue weighted by molar-refractivity contribution is -0.140. The van der Waals surface area contributed by atoms with Crippen LogP contribution in [0.15, 0.2) is 54.6 Å². The van der Waals surface area contributed by atoms with E-state index in [1.807, 2.05) is 70.2 Å². The lowest BCUT2D eigenvalue weighted by atomic mass is 10.1. The molecule has 2 atom stereocenters. The van der Waals surface area contributed by atoms with Gasteiger partial charge in [-0.05, 0) is 38.3 Å². The van der Waals surface area contributed by atoms with Gasteiger partial charge in [0, 0.05) is 30.5 Å². The SMILES string of the molecule is CC[C@H](C)NC(=O)[C@H](C)N(Cc1ccc(C)cc1)C(=O)CCSCc1ccccc1. The van der Waals surface area contributed by atoms with Crippen LogP contribution in [0.3, 0.4) is 0 Å². The van der Waals surface area contributed by atoms with Crippen molar-refractivity contribution in [3.05, 3.63) is 71.3 Å². The van der Waals surface area contributed by atoms with E-state index in [9.17, 15) is 9.59 Å². The van der Waals surface area contributed by atoms with E-state index in [1.54, 1.807) is 16.7 Å². The molecule has 5 heteroatoms. The zero-order valence-electron chi connectivity index (χ0n) is 18.6. The third kappa shape index (κ3) is 7.86. The van der Waals surface area contributed by atoms with Crippen molar-refractivity contribution < 1.29 is 9.59 Å². The lowest BCUT2D eigenvalue weighted by Gasteiger charge is -2.29. The molecule has 4 nitrogen and oxygen atoms in total. The maximum absolute atomic E-state index is 13.1. The fourth-order valence-electron chi connectivity index (χ4n) is 3.01. The van der Waals surface area contributed by atoms with Crippen LogP contribution in [-0.2, 0) is 21.9 Å². The summed E-state index contributed by atoms with van der Waals surface area (Å²) in [5.74, 6) is 1.54. The molecule has 0 heterocycles. The molecule has 0 unspecified atom stereocenters. The second kappa shape index (κ2) is 12.4. The van der Waals surface area contributed by atoms with E-state index >= 15 is 0 Å². The largest absolute Gasteiger partial charge is 0.352 e. The number of hydrogen-bond acceptors (Lipinski definition) is 3. The van der Waals surface area contributed by atoms with E-state index < -0.39 is 6.04 Å². The quantitative estimate of drug-likeness (QED) is 0.517. The van der Waals surface area contributed by atoms with Gasteiger partial charge in [-0.3, -0.25) is 9.59 Å². The average molecular weight is 427 g/mol. The highest BCUT2D eigenvalue weighted by Crippen LogP contribution is 2.16. The number of carbonyl (C=O) groups excluding carboxylic acids is 2. The average Bonchev–Trinajstić information content (AvgIpc) is 2.76. The maximum Gasteiger partial charge on any atom is 0.242 e. The van der Waals surface area contributed by atoms with Crippen LogP contribution >= 0.6 is 11.8 Å². The molecule has 0 saturated heterocycles. The molecule has 30 heavy (non-hydrogen) atoms. The van der Waals surface area contributed by atoms with Crippen LogP contribution in [0.25, 0.3) is 0 Å². The minimum Gasteiger partial charge on any atom is -0.352 e. The first-order chi connectivity index (χ1) is 14.4. The number of thioether (sulfide) groups is 1. The monoisotopic (exact) mass is 426 g/mol. The molecule has 0 aliphatic rings. The first-order valence-corrected chi connectivity index (χ1v) is 11.8. The molecule has 2 aromatic carbocycles. The Hall–Kier alpha value is -2.27. The van der Waals surface area contributed by atoms with Gasteiger partial charge < -0.3 is 10.2 Å². The molecule has 0 spiro atoms. The molecular weight excluding hydrogens is 392 g/mol. The Morgan fingerprint density at radius 3 is 2.30 bits per heavy atom. The van der Waals surface area contributed by atoms with Gasteiger partial charge in [0.1, 0.15) is 6.04 Å². The summed E-state index contributed by atoms with van der Waals surface area (Å²) < 4.78 is 0. The molecule has 0 bridgehead atoms. The van der Waals surface area contributed by atoms with E-state index in [2.05, 4.69) is 17.4 Å². The van der Waals surface area contributed by atoms with E-state index in [1.165, 1.54) is 11.1 Å². The van der Waals surface area contributed by atoms with Crippen molar-refractivity contribution in [2.75, 3.05) is 5.75 Å². The number of nitrogens with zero attached hydrogens (tertiary/aromatic N) is 1. The predicted octanol–water partition coefficient (Wildman–Crippen LogP) is 4.95. The van der Waals surface area contributed by atoms with E-state index in [-0.39, 0.29) is 17.9 Å². The molecule has 0 fully saturated rings. The normalized spacial score (nSPS) is 12.8. The molecule has 0 aromatic heterocycles. The van der Waals surface area contributed by atoms with Gasteiger partial charge in [-0.25, -0.2) is 0 Å². The molecule has 2 amide bonds. The summed E-state index contributed by atoms with van der Waals surface area (Å²) in [4.78, 5) is 27.5. The molecular formula is C25H34N2O2S. The van der Waals surface area contributed by atoms with Crippen molar-refractivity contribution in [1.29, 1.82) is 0 Å². The Bertz CT molecular complexity index is 793. The van der Waals surface area contributed by atoms with Gasteiger partial charge in [0.05, 0.1) is 0 Å². The van der Waals surface area contributed by atoms with Gasteiger partial charge in [0.2, 0.25) is 11.8 Å². The van der Waals surface area contributed by atoms with Crippen molar-refractivity contribution in [2.45, 2.75) is 64.9 Å². The highest BCUT2D eigenvalue weighted by Gasteiger charge is 2.26. The number of hydrogen-bond donors (Lipinski definition) is 1. The number of aryl methyl sites for hydroxylation is 1. The number of rotatable bonds is 11. The van der Waals surface area contributed by atoms with Gasteiger partial charge >= 0.3 is 0 Å². The molecule has 0 saturated carbocycles. The number of amides is 2. The van der Waals surface area contributed by atoms with Crippen LogP contribution in [0.5, 0.6) is 0 Å². The number of nitrogens with one attached hydrogen (secondary N) is 1. The van der Waals surface area contributed by atoms with Crippen LogP contribution in [-0.4, -0.2) is 34.6 Å². The van der Waals surface area contributed by atoms with Crippen molar-refractivity contribution in [3.63, 3.8) is 0 Å². The standard InChI is InChI=1S/C25H34N2O2S/c1-5-20(3)26-25(29)21(4)27(17-22-13-11-19(2)12-14-22)24(28)15-16-30-18-23-9-7-6-8-10-23/h6-14,20-21H,5,15-18H2,1-4H3,(H,26,29)/t20-,21-/m0/s1. The zero-order valence-corrected chi connectivity index (χ0v) is 19.4. The first-order valence-electron chi connectivity index (χ1n) is 10.7. The summed E-state index contributed by atoms with van der Waals surface area (Å²) in [6.07, 6.45) is 1.28. The van der Waals surface area contributed by atoms with Crippen LogP contribution in [0.2, 0.25) is 0 Å². The van der Waals surface area contributed by atoms with Gasteiger partial charge in [0.15, 0.2) is 0 Å². The van der Waals surface area contributed by atoms with Gasteiger partial charge in [-0.15, -0.1) is 0 Å². The predicted molar refractivity (Wildman–Crippen MR) is 126 cm³/mol. The Labute approximate surface area is 185 Å². The highest BCUT2D eigenvalue weighted by atomic mass is 32.2. The van der Waals surface area contributed by atoms with Crippen LogP contribution in [0.4, 0.5) is 0 Å². The first kappa shape index (κ1) is 24.0. The minimum absolute atomic E-state index is 0.0166.